The van der Waals surface area contributed by atoms with Crippen molar-refractivity contribution in [2.24, 2.45) is 0 Å². The number of rotatable bonds is 6. The second-order valence-electron chi connectivity index (χ2n) is 5.65. The lowest BCUT2D eigenvalue weighted by Crippen LogP contribution is -2.38. The van der Waals surface area contributed by atoms with Crippen molar-refractivity contribution in [2.45, 2.75) is 6.54 Å². The van der Waals surface area contributed by atoms with E-state index in [9.17, 15) is 0 Å². The highest BCUT2D eigenvalue weighted by molar-refractivity contribution is 9.10. The van der Waals surface area contributed by atoms with Crippen LogP contribution in [0.4, 0.5) is 5.69 Å². The van der Waals surface area contributed by atoms with Gasteiger partial charge in [-0.1, -0.05) is 52.3 Å². The summed E-state index contributed by atoms with van der Waals surface area (Å²) >= 11 is 9.12. The van der Waals surface area contributed by atoms with Crippen LogP contribution >= 0.6 is 28.1 Å². The molecule has 0 unspecified atom stereocenters. The van der Waals surface area contributed by atoms with Crippen molar-refractivity contribution in [1.82, 2.24) is 9.80 Å². The van der Waals surface area contributed by atoms with Gasteiger partial charge in [0.15, 0.2) is 5.11 Å². The fourth-order valence-electron chi connectivity index (χ4n) is 2.15. The summed E-state index contributed by atoms with van der Waals surface area (Å²) in [4.78, 5) is 4.37. The van der Waals surface area contributed by atoms with Crippen LogP contribution in [-0.4, -0.2) is 42.1 Å². The molecule has 3 nitrogen and oxygen atoms in total. The standard InChI is InChI=1S/C18H22BrN3S/c1-21(2)11-12-22(14-15-7-4-3-5-8-15)18(23)20-17-10-6-9-16(19)13-17/h3-10,13H,11-12,14H2,1-2H3,(H,20,23). The maximum atomic E-state index is 5.63. The van der Waals surface area contributed by atoms with E-state index in [0.717, 1.165) is 34.9 Å². The number of nitrogens with one attached hydrogen (secondary N) is 1. The molecule has 0 saturated carbocycles. The fraction of sp³-hybridized carbons (Fsp3) is 0.278. The molecule has 23 heavy (non-hydrogen) atoms. The third-order valence-corrected chi connectivity index (χ3v) is 4.25. The van der Waals surface area contributed by atoms with Crippen LogP contribution in [0.2, 0.25) is 0 Å². The van der Waals surface area contributed by atoms with Crippen LogP contribution in [0.5, 0.6) is 0 Å². The Labute approximate surface area is 152 Å². The van der Waals surface area contributed by atoms with Crippen molar-refractivity contribution in [3.05, 3.63) is 64.6 Å². The molecule has 0 aromatic heterocycles. The largest absolute Gasteiger partial charge is 0.343 e. The second-order valence-corrected chi connectivity index (χ2v) is 6.95. The van der Waals surface area contributed by atoms with Gasteiger partial charge in [0.25, 0.3) is 0 Å². The Bertz CT molecular complexity index is 631. The van der Waals surface area contributed by atoms with Gasteiger partial charge in [-0.2, -0.15) is 0 Å². The zero-order chi connectivity index (χ0) is 16.7. The molecule has 5 heteroatoms. The van der Waals surface area contributed by atoms with Gasteiger partial charge < -0.3 is 15.1 Å². The molecule has 0 amide bonds. The predicted octanol–water partition coefficient (Wildman–Crippen LogP) is 4.21. The number of benzene rings is 2. The summed E-state index contributed by atoms with van der Waals surface area (Å²) < 4.78 is 1.04. The molecule has 0 fully saturated rings. The van der Waals surface area contributed by atoms with E-state index in [4.69, 9.17) is 12.2 Å². The lowest BCUT2D eigenvalue weighted by atomic mass is 10.2. The first-order valence-electron chi connectivity index (χ1n) is 7.55. The smallest absolute Gasteiger partial charge is 0.173 e. The highest BCUT2D eigenvalue weighted by atomic mass is 79.9. The van der Waals surface area contributed by atoms with Crippen molar-refractivity contribution < 1.29 is 0 Å². The summed E-state index contributed by atoms with van der Waals surface area (Å²) in [6.07, 6.45) is 0. The summed E-state index contributed by atoms with van der Waals surface area (Å²) in [5, 5.41) is 4.08. The Balaban J connectivity index is 2.07. The van der Waals surface area contributed by atoms with Crippen molar-refractivity contribution >= 4 is 38.9 Å². The minimum absolute atomic E-state index is 0.744. The van der Waals surface area contributed by atoms with E-state index in [1.807, 2.05) is 30.3 Å². The van der Waals surface area contributed by atoms with E-state index in [0.29, 0.717) is 0 Å². The average molecular weight is 392 g/mol. The Morgan fingerprint density at radius 1 is 1.04 bits per heavy atom. The van der Waals surface area contributed by atoms with E-state index in [1.165, 1.54) is 5.56 Å². The molecule has 0 atom stereocenters. The van der Waals surface area contributed by atoms with Gasteiger partial charge in [0, 0.05) is 29.8 Å². The van der Waals surface area contributed by atoms with Crippen LogP contribution in [0.15, 0.2) is 59.1 Å². The van der Waals surface area contributed by atoms with Gasteiger partial charge in [0.2, 0.25) is 0 Å². The topological polar surface area (TPSA) is 18.5 Å². The lowest BCUT2D eigenvalue weighted by Gasteiger charge is -2.27. The highest BCUT2D eigenvalue weighted by Crippen LogP contribution is 2.16. The lowest BCUT2D eigenvalue weighted by molar-refractivity contribution is 0.328. The van der Waals surface area contributed by atoms with Gasteiger partial charge in [-0.15, -0.1) is 0 Å². The van der Waals surface area contributed by atoms with Crippen molar-refractivity contribution in [2.75, 3.05) is 32.5 Å². The third-order valence-electron chi connectivity index (χ3n) is 3.40. The van der Waals surface area contributed by atoms with Crippen LogP contribution in [-0.2, 0) is 6.54 Å². The molecule has 2 aromatic rings. The maximum absolute atomic E-state index is 5.63. The van der Waals surface area contributed by atoms with Crippen LogP contribution in [0.3, 0.4) is 0 Å². The van der Waals surface area contributed by atoms with E-state index >= 15 is 0 Å². The Hall–Kier alpha value is -1.43. The number of hydrogen-bond donors (Lipinski definition) is 1. The molecule has 0 radical (unpaired) electrons. The molecule has 122 valence electrons. The fourth-order valence-corrected chi connectivity index (χ4v) is 2.82. The van der Waals surface area contributed by atoms with Crippen molar-refractivity contribution in [3.63, 3.8) is 0 Å². The van der Waals surface area contributed by atoms with Gasteiger partial charge in [-0.25, -0.2) is 0 Å². The minimum atomic E-state index is 0.744. The Morgan fingerprint density at radius 2 is 1.78 bits per heavy atom. The molecule has 0 spiro atoms. The Morgan fingerprint density at radius 3 is 2.43 bits per heavy atom. The number of thiocarbonyl (C=S) groups is 1. The zero-order valence-corrected chi connectivity index (χ0v) is 15.9. The normalized spacial score (nSPS) is 10.6. The van der Waals surface area contributed by atoms with Crippen LogP contribution in [0.25, 0.3) is 0 Å². The zero-order valence-electron chi connectivity index (χ0n) is 13.5. The molecular formula is C18H22BrN3S. The maximum Gasteiger partial charge on any atom is 0.173 e. The quantitative estimate of drug-likeness (QED) is 0.742. The molecular weight excluding hydrogens is 370 g/mol. The van der Waals surface area contributed by atoms with E-state index in [2.05, 4.69) is 69.4 Å². The number of anilines is 1. The SMILES string of the molecule is CN(C)CCN(Cc1ccccc1)C(=S)Nc1cccc(Br)c1. The minimum Gasteiger partial charge on any atom is -0.343 e. The summed E-state index contributed by atoms with van der Waals surface area (Å²) in [6, 6.07) is 18.5. The molecule has 0 saturated heterocycles. The van der Waals surface area contributed by atoms with Gasteiger partial charge >= 0.3 is 0 Å². The van der Waals surface area contributed by atoms with Crippen LogP contribution in [0.1, 0.15) is 5.56 Å². The van der Waals surface area contributed by atoms with Crippen LogP contribution in [0, 0.1) is 0 Å². The molecule has 2 aromatic carbocycles. The van der Waals surface area contributed by atoms with Gasteiger partial charge in [0.05, 0.1) is 0 Å². The summed E-state index contributed by atoms with van der Waals surface area (Å²) in [5.41, 5.74) is 2.25. The third kappa shape index (κ3) is 6.29. The molecule has 0 aliphatic carbocycles. The average Bonchev–Trinajstić information content (AvgIpc) is 2.52. The first-order chi connectivity index (χ1) is 11.0. The highest BCUT2D eigenvalue weighted by Gasteiger charge is 2.11. The van der Waals surface area contributed by atoms with E-state index in [-0.39, 0.29) is 0 Å². The summed E-state index contributed by atoms with van der Waals surface area (Å²) in [5.74, 6) is 0. The second kappa shape index (κ2) is 9.01. The first kappa shape index (κ1) is 17.9. The predicted molar refractivity (Wildman–Crippen MR) is 106 cm³/mol. The number of nitrogens with zero attached hydrogens (tertiary/aromatic N) is 2. The summed E-state index contributed by atoms with van der Waals surface area (Å²) in [7, 11) is 4.15. The van der Waals surface area contributed by atoms with Gasteiger partial charge in [-0.3, -0.25) is 0 Å². The van der Waals surface area contributed by atoms with E-state index in [1.54, 1.807) is 0 Å². The molecule has 0 bridgehead atoms. The van der Waals surface area contributed by atoms with E-state index < -0.39 is 0 Å². The van der Waals surface area contributed by atoms with Gasteiger partial charge in [-0.05, 0) is 50.1 Å². The first-order valence-corrected chi connectivity index (χ1v) is 8.75. The molecule has 0 aliphatic heterocycles. The summed E-state index contributed by atoms with van der Waals surface area (Å²) in [6.45, 7) is 2.63. The molecule has 0 heterocycles. The van der Waals surface area contributed by atoms with Crippen LogP contribution < -0.4 is 5.32 Å². The monoisotopic (exact) mass is 391 g/mol. The van der Waals surface area contributed by atoms with Gasteiger partial charge in [0.1, 0.15) is 0 Å². The van der Waals surface area contributed by atoms with Crippen molar-refractivity contribution in [3.8, 4) is 0 Å². The van der Waals surface area contributed by atoms with Crippen molar-refractivity contribution in [1.29, 1.82) is 0 Å². The molecule has 0 aliphatic rings. The number of halogens is 1. The Kier molecular flexibility index (Phi) is 7.02. The molecule has 2 rings (SSSR count). The number of likely N-dealkylation sites (N-methyl/N-ethyl adjacent to an activating group) is 1. The number of hydrogen-bond acceptors (Lipinski definition) is 2. The molecule has 1 N–H and O–H groups in total.